The van der Waals surface area contributed by atoms with Crippen molar-refractivity contribution in [3.05, 3.63) is 58.3 Å². The van der Waals surface area contributed by atoms with Crippen LogP contribution in [0.1, 0.15) is 30.3 Å². The quantitative estimate of drug-likeness (QED) is 0.804. The number of halogens is 1. The molecule has 0 saturated heterocycles. The van der Waals surface area contributed by atoms with E-state index in [4.69, 9.17) is 5.11 Å². The van der Waals surface area contributed by atoms with Gasteiger partial charge in [-0.3, -0.25) is 9.59 Å². The van der Waals surface area contributed by atoms with Crippen LogP contribution in [0.25, 0.3) is 5.69 Å². The number of hydrogen-bond acceptors (Lipinski definition) is 4. The molecule has 1 aromatic carbocycles. The minimum atomic E-state index is -0.598. The van der Waals surface area contributed by atoms with Gasteiger partial charge in [0, 0.05) is 19.2 Å². The lowest BCUT2D eigenvalue weighted by Gasteiger charge is -2.14. The van der Waals surface area contributed by atoms with Gasteiger partial charge in [0.2, 0.25) is 0 Å². The van der Waals surface area contributed by atoms with Gasteiger partial charge in [0.15, 0.2) is 0 Å². The lowest BCUT2D eigenvalue weighted by molar-refractivity contribution is 0.0936. The average molecular weight is 333 g/mol. The van der Waals surface area contributed by atoms with Crippen molar-refractivity contribution in [2.45, 2.75) is 19.8 Å². The van der Waals surface area contributed by atoms with Crippen molar-refractivity contribution in [1.82, 2.24) is 15.1 Å². The van der Waals surface area contributed by atoms with Crippen LogP contribution in [0, 0.1) is 11.7 Å². The van der Waals surface area contributed by atoms with Crippen LogP contribution in [0.4, 0.5) is 4.39 Å². The molecule has 0 bridgehead atoms. The van der Waals surface area contributed by atoms with E-state index < -0.39 is 17.3 Å². The number of aromatic nitrogens is 2. The van der Waals surface area contributed by atoms with Crippen molar-refractivity contribution < 1.29 is 14.3 Å². The molecule has 24 heavy (non-hydrogen) atoms. The maximum atomic E-state index is 13.8. The Balaban J connectivity index is 2.20. The van der Waals surface area contributed by atoms with Gasteiger partial charge in [-0.2, -0.15) is 9.78 Å². The Morgan fingerprint density at radius 2 is 2.08 bits per heavy atom. The largest absolute Gasteiger partial charge is 0.396 e. The van der Waals surface area contributed by atoms with Gasteiger partial charge < -0.3 is 10.4 Å². The molecule has 0 aliphatic heterocycles. The molecule has 0 fully saturated rings. The van der Waals surface area contributed by atoms with Gasteiger partial charge in [0.1, 0.15) is 17.2 Å². The van der Waals surface area contributed by atoms with Gasteiger partial charge in [-0.25, -0.2) is 4.39 Å². The second-order valence-electron chi connectivity index (χ2n) is 5.42. The van der Waals surface area contributed by atoms with Crippen LogP contribution in [-0.2, 0) is 0 Å². The van der Waals surface area contributed by atoms with Crippen LogP contribution in [0.15, 0.2) is 41.2 Å². The van der Waals surface area contributed by atoms with Crippen molar-refractivity contribution in [2.24, 2.45) is 5.92 Å². The lowest BCUT2D eigenvalue weighted by Crippen LogP contribution is -2.32. The monoisotopic (exact) mass is 333 g/mol. The first-order valence-corrected chi connectivity index (χ1v) is 7.81. The Morgan fingerprint density at radius 3 is 2.75 bits per heavy atom. The highest BCUT2D eigenvalue weighted by Gasteiger charge is 2.14. The van der Waals surface area contributed by atoms with E-state index in [1.54, 1.807) is 6.07 Å². The Kier molecular flexibility index (Phi) is 6.20. The van der Waals surface area contributed by atoms with E-state index in [1.165, 1.54) is 30.3 Å². The molecule has 0 radical (unpaired) electrons. The molecule has 0 spiro atoms. The molecule has 1 amide bonds. The number of carbonyl (C=O) groups excluding carboxylic acids is 1. The van der Waals surface area contributed by atoms with Gasteiger partial charge in [-0.05, 0) is 30.5 Å². The summed E-state index contributed by atoms with van der Waals surface area (Å²) in [5.74, 6) is -0.883. The summed E-state index contributed by atoms with van der Waals surface area (Å²) in [4.78, 5) is 24.1. The van der Waals surface area contributed by atoms with Crippen molar-refractivity contribution in [2.75, 3.05) is 13.2 Å². The van der Waals surface area contributed by atoms with Gasteiger partial charge in [-0.15, -0.1) is 0 Å². The number of aliphatic hydroxyl groups excluding tert-OH is 1. The number of aliphatic hydroxyl groups is 1. The molecule has 7 heteroatoms. The van der Waals surface area contributed by atoms with Crippen LogP contribution in [-0.4, -0.2) is 33.9 Å². The second kappa shape index (κ2) is 8.35. The molecule has 1 atom stereocenters. The van der Waals surface area contributed by atoms with Crippen molar-refractivity contribution in [1.29, 1.82) is 0 Å². The zero-order chi connectivity index (χ0) is 17.5. The normalized spacial score (nSPS) is 12.0. The topological polar surface area (TPSA) is 84.2 Å². The molecule has 2 N–H and O–H groups in total. The molecule has 1 heterocycles. The third kappa shape index (κ3) is 4.26. The Hall–Kier alpha value is -2.54. The summed E-state index contributed by atoms with van der Waals surface area (Å²) in [5.41, 5.74) is -0.510. The Bertz CT molecular complexity index is 761. The van der Waals surface area contributed by atoms with E-state index in [-0.39, 0.29) is 23.9 Å². The fourth-order valence-corrected chi connectivity index (χ4v) is 2.29. The standard InChI is InChI=1S/C17H20FN3O3/c1-2-12(9-10-22)11-19-17(24)14-7-8-16(23)21(20-14)15-6-4-3-5-13(15)18/h3-8,12,22H,2,9-11H2,1H3,(H,19,24). The molecule has 2 aromatic rings. The molecule has 0 aliphatic carbocycles. The summed E-state index contributed by atoms with van der Waals surface area (Å²) in [6.07, 6.45) is 1.42. The highest BCUT2D eigenvalue weighted by molar-refractivity contribution is 5.92. The van der Waals surface area contributed by atoms with Crippen molar-refractivity contribution in [3.63, 3.8) is 0 Å². The predicted molar refractivity (Wildman–Crippen MR) is 87.6 cm³/mol. The summed E-state index contributed by atoms with van der Waals surface area (Å²) in [5, 5.41) is 15.7. The first-order valence-electron chi connectivity index (χ1n) is 7.81. The smallest absolute Gasteiger partial charge is 0.271 e. The number of benzene rings is 1. The Morgan fingerprint density at radius 1 is 1.33 bits per heavy atom. The van der Waals surface area contributed by atoms with Crippen LogP contribution >= 0.6 is 0 Å². The minimum Gasteiger partial charge on any atom is -0.396 e. The average Bonchev–Trinajstić information content (AvgIpc) is 2.59. The summed E-state index contributed by atoms with van der Waals surface area (Å²) < 4.78 is 14.7. The molecular formula is C17H20FN3O3. The summed E-state index contributed by atoms with van der Waals surface area (Å²) in [6, 6.07) is 8.21. The van der Waals surface area contributed by atoms with Crippen LogP contribution < -0.4 is 10.9 Å². The molecule has 1 aromatic heterocycles. The molecule has 2 rings (SSSR count). The van der Waals surface area contributed by atoms with Crippen LogP contribution in [0.5, 0.6) is 0 Å². The summed E-state index contributed by atoms with van der Waals surface area (Å²) in [7, 11) is 0. The molecule has 0 saturated carbocycles. The van der Waals surface area contributed by atoms with Gasteiger partial charge in [-0.1, -0.05) is 25.5 Å². The zero-order valence-electron chi connectivity index (χ0n) is 13.4. The van der Waals surface area contributed by atoms with E-state index >= 15 is 0 Å². The van der Waals surface area contributed by atoms with Gasteiger partial charge >= 0.3 is 0 Å². The first kappa shape index (κ1) is 17.8. The third-order valence-electron chi connectivity index (χ3n) is 3.78. The highest BCUT2D eigenvalue weighted by atomic mass is 19.1. The fourth-order valence-electron chi connectivity index (χ4n) is 2.29. The first-order chi connectivity index (χ1) is 11.6. The minimum absolute atomic E-state index is 0.0103. The summed E-state index contributed by atoms with van der Waals surface area (Å²) in [6.45, 7) is 2.43. The molecule has 1 unspecified atom stereocenters. The molecular weight excluding hydrogens is 313 g/mol. The second-order valence-corrected chi connectivity index (χ2v) is 5.42. The van der Waals surface area contributed by atoms with E-state index in [0.717, 1.165) is 11.1 Å². The van der Waals surface area contributed by atoms with Gasteiger partial charge in [0.25, 0.3) is 11.5 Å². The maximum absolute atomic E-state index is 13.8. The molecule has 6 nitrogen and oxygen atoms in total. The fraction of sp³-hybridized carbons (Fsp3) is 0.353. The van der Waals surface area contributed by atoms with Crippen molar-refractivity contribution >= 4 is 5.91 Å². The van der Waals surface area contributed by atoms with E-state index in [1.807, 2.05) is 6.92 Å². The number of hydrogen-bond donors (Lipinski definition) is 2. The van der Waals surface area contributed by atoms with Crippen LogP contribution in [0.3, 0.4) is 0 Å². The summed E-state index contributed by atoms with van der Waals surface area (Å²) >= 11 is 0. The maximum Gasteiger partial charge on any atom is 0.271 e. The number of carbonyl (C=O) groups is 1. The van der Waals surface area contributed by atoms with Gasteiger partial charge in [0.05, 0.1) is 0 Å². The zero-order valence-corrected chi connectivity index (χ0v) is 13.4. The number of para-hydroxylation sites is 1. The van der Waals surface area contributed by atoms with Crippen LogP contribution in [0.2, 0.25) is 0 Å². The molecule has 0 aliphatic rings. The lowest BCUT2D eigenvalue weighted by atomic mass is 10.0. The predicted octanol–water partition coefficient (Wildman–Crippen LogP) is 1.51. The number of nitrogens with zero attached hydrogens (tertiary/aromatic N) is 2. The highest BCUT2D eigenvalue weighted by Crippen LogP contribution is 2.10. The molecule has 128 valence electrons. The SMILES string of the molecule is CCC(CCO)CNC(=O)c1ccc(=O)n(-c2ccccc2F)n1. The van der Waals surface area contributed by atoms with E-state index in [9.17, 15) is 14.0 Å². The Labute approximate surface area is 138 Å². The third-order valence-corrected chi connectivity index (χ3v) is 3.78. The number of amides is 1. The number of rotatable bonds is 7. The van der Waals surface area contributed by atoms with Crippen molar-refractivity contribution in [3.8, 4) is 5.69 Å². The number of nitrogens with one attached hydrogen (secondary N) is 1. The van der Waals surface area contributed by atoms with E-state index in [0.29, 0.717) is 13.0 Å². The van der Waals surface area contributed by atoms with E-state index in [2.05, 4.69) is 10.4 Å².